The van der Waals surface area contributed by atoms with Crippen molar-refractivity contribution in [2.24, 2.45) is 5.73 Å². The van der Waals surface area contributed by atoms with E-state index in [0.29, 0.717) is 37.1 Å². The molecule has 1 saturated carbocycles. The molecule has 0 atom stereocenters. The largest absolute Gasteiger partial charge is 0.381 e. The molecule has 1 heterocycles. The molecule has 0 aromatic carbocycles. The van der Waals surface area contributed by atoms with Gasteiger partial charge < -0.3 is 15.0 Å². The van der Waals surface area contributed by atoms with Crippen LogP contribution in [0, 0.1) is 0 Å². The number of nitrogens with two attached hydrogens (primary N) is 1. The molecule has 1 aliphatic rings. The lowest BCUT2D eigenvalue weighted by atomic mass is 10.4. The van der Waals surface area contributed by atoms with Crippen molar-refractivity contribution in [1.82, 2.24) is 9.29 Å². The van der Waals surface area contributed by atoms with Gasteiger partial charge in [-0.25, -0.2) is 13.1 Å². The minimum absolute atomic E-state index is 0.310. The Morgan fingerprint density at radius 2 is 2.19 bits per heavy atom. The van der Waals surface area contributed by atoms with Gasteiger partial charge >= 0.3 is 0 Å². The molecule has 0 radical (unpaired) electrons. The summed E-state index contributed by atoms with van der Waals surface area (Å²) in [5, 5.41) is 0. The van der Waals surface area contributed by atoms with E-state index < -0.39 is 10.0 Å². The van der Waals surface area contributed by atoms with E-state index in [-0.39, 0.29) is 0 Å². The minimum Gasteiger partial charge on any atom is -0.381 e. The van der Waals surface area contributed by atoms with Crippen LogP contribution in [0.2, 0.25) is 0 Å². The van der Waals surface area contributed by atoms with Gasteiger partial charge in [0.2, 0.25) is 10.0 Å². The zero-order chi connectivity index (χ0) is 15.3. The number of sulfonamides is 1. The number of ether oxygens (including phenoxy) is 1. The smallest absolute Gasteiger partial charge is 0.242 e. The maximum Gasteiger partial charge on any atom is 0.242 e. The molecule has 0 spiro atoms. The SMILES string of the molecule is CCCOCCCNS(=O)(=O)c1cc(CN)n(C2CC2)c1. The van der Waals surface area contributed by atoms with E-state index in [1.165, 1.54) is 0 Å². The van der Waals surface area contributed by atoms with Gasteiger partial charge in [0.25, 0.3) is 0 Å². The Bertz CT molecular complexity index is 550. The predicted octanol–water partition coefficient (Wildman–Crippen LogP) is 1.38. The molecule has 0 unspecified atom stereocenters. The van der Waals surface area contributed by atoms with Crippen molar-refractivity contribution in [3.8, 4) is 0 Å². The highest BCUT2D eigenvalue weighted by atomic mass is 32.2. The van der Waals surface area contributed by atoms with Gasteiger partial charge in [-0.05, 0) is 31.7 Å². The van der Waals surface area contributed by atoms with Crippen LogP contribution in [0.5, 0.6) is 0 Å². The van der Waals surface area contributed by atoms with Crippen LogP contribution in [-0.2, 0) is 21.3 Å². The molecule has 1 aromatic heterocycles. The molecule has 2 rings (SSSR count). The second kappa shape index (κ2) is 7.40. The fourth-order valence-electron chi connectivity index (χ4n) is 2.21. The van der Waals surface area contributed by atoms with Crippen molar-refractivity contribution in [3.05, 3.63) is 18.0 Å². The fourth-order valence-corrected chi connectivity index (χ4v) is 3.33. The van der Waals surface area contributed by atoms with E-state index in [9.17, 15) is 8.42 Å². The molecule has 7 heteroatoms. The monoisotopic (exact) mass is 315 g/mol. The van der Waals surface area contributed by atoms with E-state index in [1.807, 2.05) is 11.5 Å². The standard InChI is InChI=1S/C14H25N3O3S/c1-2-7-20-8-3-6-16-21(18,19)14-9-13(10-15)17(11-14)12-4-5-12/h9,11-12,16H,2-8,10,15H2,1H3. The van der Waals surface area contributed by atoms with Gasteiger partial charge in [-0.2, -0.15) is 0 Å². The van der Waals surface area contributed by atoms with Crippen LogP contribution in [-0.4, -0.2) is 32.7 Å². The third-order valence-corrected chi connectivity index (χ3v) is 4.90. The van der Waals surface area contributed by atoms with Crippen LogP contribution in [0.4, 0.5) is 0 Å². The van der Waals surface area contributed by atoms with Crippen molar-refractivity contribution < 1.29 is 13.2 Å². The summed E-state index contributed by atoms with van der Waals surface area (Å²) in [5.41, 5.74) is 6.57. The summed E-state index contributed by atoms with van der Waals surface area (Å²) < 4.78 is 34.4. The van der Waals surface area contributed by atoms with Crippen LogP contribution < -0.4 is 10.5 Å². The Morgan fingerprint density at radius 1 is 1.43 bits per heavy atom. The van der Waals surface area contributed by atoms with Gasteiger partial charge in [0, 0.05) is 44.2 Å². The predicted molar refractivity (Wildman–Crippen MR) is 81.5 cm³/mol. The van der Waals surface area contributed by atoms with E-state index in [4.69, 9.17) is 10.5 Å². The summed E-state index contributed by atoms with van der Waals surface area (Å²) >= 11 is 0. The third kappa shape index (κ3) is 4.54. The van der Waals surface area contributed by atoms with Crippen molar-refractivity contribution in [3.63, 3.8) is 0 Å². The molecule has 6 nitrogen and oxygen atoms in total. The van der Waals surface area contributed by atoms with Gasteiger partial charge in [-0.15, -0.1) is 0 Å². The Morgan fingerprint density at radius 3 is 2.81 bits per heavy atom. The van der Waals surface area contributed by atoms with Gasteiger partial charge in [0.1, 0.15) is 0 Å². The summed E-state index contributed by atoms with van der Waals surface area (Å²) in [6, 6.07) is 2.10. The summed E-state index contributed by atoms with van der Waals surface area (Å²) in [4.78, 5) is 0.310. The molecule has 0 bridgehead atoms. The van der Waals surface area contributed by atoms with Crippen molar-refractivity contribution in [1.29, 1.82) is 0 Å². The molecule has 21 heavy (non-hydrogen) atoms. The molecular weight excluding hydrogens is 290 g/mol. The zero-order valence-electron chi connectivity index (χ0n) is 12.5. The number of hydrogen-bond acceptors (Lipinski definition) is 4. The highest BCUT2D eigenvalue weighted by Gasteiger charge is 2.27. The molecule has 0 amide bonds. The first-order chi connectivity index (χ1) is 10.1. The number of nitrogens with zero attached hydrogens (tertiary/aromatic N) is 1. The third-order valence-electron chi connectivity index (χ3n) is 3.47. The molecule has 0 aliphatic heterocycles. The summed E-state index contributed by atoms with van der Waals surface area (Å²) in [5.74, 6) is 0. The Kier molecular flexibility index (Phi) is 5.80. The zero-order valence-corrected chi connectivity index (χ0v) is 13.4. The molecule has 3 N–H and O–H groups in total. The van der Waals surface area contributed by atoms with Crippen LogP contribution in [0.1, 0.15) is 44.3 Å². The van der Waals surface area contributed by atoms with Gasteiger partial charge in [0.05, 0.1) is 4.90 Å². The van der Waals surface area contributed by atoms with Gasteiger partial charge in [-0.3, -0.25) is 0 Å². The Balaban J connectivity index is 1.90. The fraction of sp³-hybridized carbons (Fsp3) is 0.714. The average molecular weight is 315 g/mol. The Hall–Kier alpha value is -0.890. The van der Waals surface area contributed by atoms with Crippen LogP contribution >= 0.6 is 0 Å². The summed E-state index contributed by atoms with van der Waals surface area (Å²) in [6.45, 7) is 4.09. The lowest BCUT2D eigenvalue weighted by molar-refractivity contribution is 0.133. The lowest BCUT2D eigenvalue weighted by Crippen LogP contribution is -2.25. The number of hydrogen-bond donors (Lipinski definition) is 2. The summed E-state index contributed by atoms with van der Waals surface area (Å²) in [7, 11) is -3.45. The van der Waals surface area contributed by atoms with Crippen LogP contribution in [0.25, 0.3) is 0 Å². The minimum atomic E-state index is -3.45. The van der Waals surface area contributed by atoms with E-state index in [1.54, 1.807) is 12.3 Å². The van der Waals surface area contributed by atoms with E-state index >= 15 is 0 Å². The molecular formula is C14H25N3O3S. The average Bonchev–Trinajstić information content (AvgIpc) is 3.21. The molecule has 1 aromatic rings. The first-order valence-electron chi connectivity index (χ1n) is 7.56. The normalized spacial score (nSPS) is 15.5. The number of rotatable bonds is 10. The maximum absolute atomic E-state index is 12.2. The van der Waals surface area contributed by atoms with Crippen LogP contribution in [0.15, 0.2) is 17.2 Å². The second-order valence-corrected chi connectivity index (χ2v) is 7.14. The van der Waals surface area contributed by atoms with E-state index in [2.05, 4.69) is 4.72 Å². The first kappa shape index (κ1) is 16.5. The van der Waals surface area contributed by atoms with Gasteiger partial charge in [-0.1, -0.05) is 6.92 Å². The molecule has 1 fully saturated rings. The highest BCUT2D eigenvalue weighted by molar-refractivity contribution is 7.89. The van der Waals surface area contributed by atoms with E-state index in [0.717, 1.165) is 31.6 Å². The number of aromatic nitrogens is 1. The lowest BCUT2D eigenvalue weighted by Gasteiger charge is -2.05. The second-order valence-electron chi connectivity index (χ2n) is 5.37. The highest BCUT2D eigenvalue weighted by Crippen LogP contribution is 2.37. The maximum atomic E-state index is 12.2. The van der Waals surface area contributed by atoms with Crippen molar-refractivity contribution >= 4 is 10.0 Å². The molecule has 1 aliphatic carbocycles. The van der Waals surface area contributed by atoms with Gasteiger partial charge in [0.15, 0.2) is 0 Å². The quantitative estimate of drug-likeness (QED) is 0.639. The summed E-state index contributed by atoms with van der Waals surface area (Å²) in [6.07, 6.45) is 5.55. The molecule has 0 saturated heterocycles. The molecule has 120 valence electrons. The number of nitrogens with one attached hydrogen (secondary N) is 1. The van der Waals surface area contributed by atoms with Crippen LogP contribution in [0.3, 0.4) is 0 Å². The Labute approximate surface area is 126 Å². The van der Waals surface area contributed by atoms with Crippen molar-refractivity contribution in [2.75, 3.05) is 19.8 Å². The topological polar surface area (TPSA) is 86.3 Å². The first-order valence-corrected chi connectivity index (χ1v) is 9.05. The van der Waals surface area contributed by atoms with Crippen molar-refractivity contribution in [2.45, 2.75) is 50.1 Å².